The molecule has 0 unspecified atom stereocenters. The molecule has 5 rings (SSSR count). The van der Waals surface area contributed by atoms with E-state index in [9.17, 15) is 19.7 Å². The van der Waals surface area contributed by atoms with Crippen LogP contribution in [0.3, 0.4) is 0 Å². The van der Waals surface area contributed by atoms with Gasteiger partial charge in [0.25, 0.3) is 11.6 Å². The summed E-state index contributed by atoms with van der Waals surface area (Å²) in [6, 6.07) is 15.9. The van der Waals surface area contributed by atoms with Crippen molar-refractivity contribution >= 4 is 22.5 Å². The fourth-order valence-electron chi connectivity index (χ4n) is 5.28. The van der Waals surface area contributed by atoms with Crippen molar-refractivity contribution in [2.75, 3.05) is 6.54 Å². The molecule has 3 aromatic rings. The summed E-state index contributed by atoms with van der Waals surface area (Å²) < 4.78 is 0. The van der Waals surface area contributed by atoms with Gasteiger partial charge in [-0.05, 0) is 30.4 Å². The lowest BCUT2D eigenvalue weighted by atomic mass is 9.87. The monoisotopic (exact) mass is 403 g/mol. The molecule has 0 spiro atoms. The maximum Gasteiger partial charge on any atom is 0.270 e. The fourth-order valence-corrected chi connectivity index (χ4v) is 5.28. The highest BCUT2D eigenvalue weighted by atomic mass is 16.6. The number of nitrogens with zero attached hydrogens (tertiary/aromatic N) is 2. The number of nitro groups is 1. The summed E-state index contributed by atoms with van der Waals surface area (Å²) in [4.78, 5) is 41.1. The minimum atomic E-state index is -0.493. The van der Waals surface area contributed by atoms with Gasteiger partial charge in [0.15, 0.2) is 0 Å². The Morgan fingerprint density at radius 2 is 1.90 bits per heavy atom. The van der Waals surface area contributed by atoms with E-state index < -0.39 is 4.92 Å². The molecule has 0 bridgehead atoms. The van der Waals surface area contributed by atoms with Gasteiger partial charge in [-0.25, -0.2) is 0 Å². The highest BCUT2D eigenvalue weighted by molar-refractivity contribution is 6.06. The number of carbonyl (C=O) groups excluding carboxylic acids is 1. The van der Waals surface area contributed by atoms with Crippen LogP contribution < -0.4 is 5.56 Å². The zero-order chi connectivity index (χ0) is 20.8. The number of nitrogens with one attached hydrogen (secondary N) is 1. The van der Waals surface area contributed by atoms with Gasteiger partial charge < -0.3 is 9.88 Å². The van der Waals surface area contributed by atoms with Crippen molar-refractivity contribution in [2.45, 2.75) is 31.2 Å². The van der Waals surface area contributed by atoms with E-state index in [1.165, 1.54) is 29.8 Å². The molecular formula is C23H21N3O4. The van der Waals surface area contributed by atoms with Crippen molar-refractivity contribution in [2.24, 2.45) is 5.92 Å². The molecule has 1 saturated heterocycles. The highest BCUT2D eigenvalue weighted by Gasteiger charge is 2.47. The maximum atomic E-state index is 13.6. The Kier molecular flexibility index (Phi) is 4.38. The number of hydrogen-bond acceptors (Lipinski definition) is 4. The number of hydrogen-bond donors (Lipinski definition) is 1. The quantitative estimate of drug-likeness (QED) is 0.531. The van der Waals surface area contributed by atoms with Crippen molar-refractivity contribution in [3.63, 3.8) is 0 Å². The second-order valence-electron chi connectivity index (χ2n) is 8.17. The van der Waals surface area contributed by atoms with E-state index in [4.69, 9.17) is 0 Å². The van der Waals surface area contributed by atoms with Crippen LogP contribution in [0.5, 0.6) is 0 Å². The average Bonchev–Trinajstić information content (AvgIpc) is 3.35. The number of likely N-dealkylation sites (tertiary alicyclic amines) is 1. The molecule has 3 atom stereocenters. The number of H-pyrrole nitrogens is 1. The number of fused-ring (bicyclic) bond motifs is 2. The smallest absolute Gasteiger partial charge is 0.270 e. The SMILES string of the molecule is O=C(c1cc(=O)[nH]c2ccc([N+](=O)[O-])cc12)N1C[C@H](c2ccccc2)[C@H]2CCC[C@H]21. The fraction of sp³-hybridized carbons (Fsp3) is 0.304. The summed E-state index contributed by atoms with van der Waals surface area (Å²) in [5.74, 6) is 0.450. The van der Waals surface area contributed by atoms with Crippen LogP contribution in [0.1, 0.15) is 41.1 Å². The van der Waals surface area contributed by atoms with Gasteiger partial charge in [-0.15, -0.1) is 0 Å². The lowest BCUT2D eigenvalue weighted by Gasteiger charge is -2.24. The Hall–Kier alpha value is -3.48. The van der Waals surface area contributed by atoms with Crippen LogP contribution in [0.15, 0.2) is 59.4 Å². The zero-order valence-electron chi connectivity index (χ0n) is 16.3. The van der Waals surface area contributed by atoms with Crippen LogP contribution in [0.25, 0.3) is 10.9 Å². The minimum Gasteiger partial charge on any atom is -0.335 e. The molecular weight excluding hydrogens is 382 g/mol. The molecule has 0 radical (unpaired) electrons. The van der Waals surface area contributed by atoms with Gasteiger partial charge in [-0.1, -0.05) is 36.8 Å². The molecule has 1 aliphatic carbocycles. The molecule has 7 nitrogen and oxygen atoms in total. The Bertz CT molecular complexity index is 1200. The molecule has 152 valence electrons. The second kappa shape index (κ2) is 7.09. The van der Waals surface area contributed by atoms with Crippen LogP contribution in [0.4, 0.5) is 5.69 Å². The molecule has 2 aliphatic rings. The topological polar surface area (TPSA) is 96.3 Å². The Balaban J connectivity index is 1.57. The summed E-state index contributed by atoms with van der Waals surface area (Å²) in [5.41, 5.74) is 1.40. The summed E-state index contributed by atoms with van der Waals surface area (Å²) in [6.07, 6.45) is 3.10. The van der Waals surface area contributed by atoms with E-state index in [0.717, 1.165) is 19.3 Å². The number of non-ortho nitro benzene ring substituents is 1. The third-order valence-corrected chi connectivity index (χ3v) is 6.60. The molecule has 1 aromatic heterocycles. The Morgan fingerprint density at radius 1 is 1.10 bits per heavy atom. The first-order valence-corrected chi connectivity index (χ1v) is 10.2. The summed E-state index contributed by atoms with van der Waals surface area (Å²) in [6.45, 7) is 0.599. The van der Waals surface area contributed by atoms with Crippen LogP contribution in [-0.4, -0.2) is 33.3 Å². The van der Waals surface area contributed by atoms with Gasteiger partial charge in [0, 0.05) is 47.6 Å². The van der Waals surface area contributed by atoms with E-state index in [1.807, 2.05) is 23.1 Å². The maximum absolute atomic E-state index is 13.6. The summed E-state index contributed by atoms with van der Waals surface area (Å²) >= 11 is 0. The van der Waals surface area contributed by atoms with Gasteiger partial charge in [0.1, 0.15) is 0 Å². The minimum absolute atomic E-state index is 0.106. The number of aromatic amines is 1. The van der Waals surface area contributed by atoms with Crippen LogP contribution in [0, 0.1) is 16.0 Å². The van der Waals surface area contributed by atoms with Crippen LogP contribution >= 0.6 is 0 Å². The van der Waals surface area contributed by atoms with Crippen molar-refractivity contribution < 1.29 is 9.72 Å². The molecule has 1 aliphatic heterocycles. The lowest BCUT2D eigenvalue weighted by molar-refractivity contribution is -0.384. The molecule has 2 heterocycles. The van der Waals surface area contributed by atoms with E-state index in [2.05, 4.69) is 17.1 Å². The molecule has 1 amide bonds. The van der Waals surface area contributed by atoms with E-state index >= 15 is 0 Å². The number of carbonyl (C=O) groups is 1. The van der Waals surface area contributed by atoms with E-state index in [0.29, 0.717) is 23.4 Å². The molecule has 7 heteroatoms. The number of pyridine rings is 1. The average molecular weight is 403 g/mol. The Labute approximate surface area is 172 Å². The van der Waals surface area contributed by atoms with E-state index in [1.54, 1.807) is 0 Å². The zero-order valence-corrected chi connectivity index (χ0v) is 16.3. The number of nitro benzene ring substituents is 1. The van der Waals surface area contributed by atoms with Crippen molar-refractivity contribution in [3.05, 3.63) is 86.2 Å². The predicted molar refractivity (Wildman–Crippen MR) is 113 cm³/mol. The number of benzene rings is 2. The van der Waals surface area contributed by atoms with Crippen LogP contribution in [0.2, 0.25) is 0 Å². The first kappa shape index (κ1) is 18.5. The first-order chi connectivity index (χ1) is 14.5. The van der Waals surface area contributed by atoms with Gasteiger partial charge >= 0.3 is 0 Å². The summed E-state index contributed by atoms with van der Waals surface area (Å²) in [5, 5.41) is 11.6. The number of aromatic nitrogens is 1. The lowest BCUT2D eigenvalue weighted by Crippen LogP contribution is -2.36. The molecule has 1 saturated carbocycles. The van der Waals surface area contributed by atoms with Gasteiger partial charge in [0.2, 0.25) is 5.56 Å². The number of rotatable bonds is 3. The molecule has 30 heavy (non-hydrogen) atoms. The highest BCUT2D eigenvalue weighted by Crippen LogP contribution is 2.46. The second-order valence-corrected chi connectivity index (χ2v) is 8.17. The molecule has 2 fully saturated rings. The molecule has 2 aromatic carbocycles. The normalized spacial score (nSPS) is 22.9. The number of amides is 1. The predicted octanol–water partition coefficient (Wildman–Crippen LogP) is 3.84. The van der Waals surface area contributed by atoms with Crippen molar-refractivity contribution in [1.29, 1.82) is 0 Å². The molecule has 1 N–H and O–H groups in total. The third kappa shape index (κ3) is 2.98. The van der Waals surface area contributed by atoms with Crippen molar-refractivity contribution in [1.82, 2.24) is 9.88 Å². The van der Waals surface area contributed by atoms with Gasteiger partial charge in [-0.2, -0.15) is 0 Å². The largest absolute Gasteiger partial charge is 0.335 e. The van der Waals surface area contributed by atoms with Gasteiger partial charge in [-0.3, -0.25) is 19.7 Å². The van der Waals surface area contributed by atoms with Crippen LogP contribution in [-0.2, 0) is 0 Å². The van der Waals surface area contributed by atoms with E-state index in [-0.39, 0.29) is 34.7 Å². The standard InChI is InChI=1S/C23H21N3O4/c27-22-12-18(17-11-15(26(29)30)9-10-20(17)24-22)23(28)25-13-19(14-5-2-1-3-6-14)16-7-4-8-21(16)25/h1-3,5-6,9-12,16,19,21H,4,7-8,13H2,(H,24,27)/t16-,19-,21-/m1/s1. The third-order valence-electron chi connectivity index (χ3n) is 6.60. The van der Waals surface area contributed by atoms with Crippen molar-refractivity contribution in [3.8, 4) is 0 Å². The first-order valence-electron chi connectivity index (χ1n) is 10.2. The summed E-state index contributed by atoms with van der Waals surface area (Å²) in [7, 11) is 0. The van der Waals surface area contributed by atoms with Gasteiger partial charge in [0.05, 0.1) is 10.5 Å². The Morgan fingerprint density at radius 3 is 2.67 bits per heavy atom.